The van der Waals surface area contributed by atoms with E-state index in [1.165, 1.54) is 6.07 Å². The zero-order valence-electron chi connectivity index (χ0n) is 7.18. The van der Waals surface area contributed by atoms with Gasteiger partial charge in [0.15, 0.2) is 0 Å². The van der Waals surface area contributed by atoms with Gasteiger partial charge in [-0.25, -0.2) is 4.39 Å². The van der Waals surface area contributed by atoms with Crippen molar-refractivity contribution in [2.75, 3.05) is 18.4 Å². The highest BCUT2D eigenvalue weighted by atomic mass is 19.1. The normalized spacial score (nSPS) is 29.6. The fraction of sp³-hybridized carbons (Fsp3) is 0.400. The Balaban J connectivity index is 2.12. The minimum Gasteiger partial charge on any atom is -0.378 e. The fourth-order valence-electron chi connectivity index (χ4n) is 2.34. The van der Waals surface area contributed by atoms with Crippen LogP contribution in [-0.2, 0) is 0 Å². The number of hydrogen-bond acceptors (Lipinski definition) is 2. The molecule has 2 heterocycles. The van der Waals surface area contributed by atoms with Crippen LogP contribution in [0.2, 0.25) is 0 Å². The van der Waals surface area contributed by atoms with Gasteiger partial charge in [0.1, 0.15) is 5.82 Å². The van der Waals surface area contributed by atoms with Crippen molar-refractivity contribution in [3.63, 3.8) is 0 Å². The molecule has 0 amide bonds. The first-order valence-electron chi connectivity index (χ1n) is 4.62. The molecule has 2 N–H and O–H groups in total. The smallest absolute Gasteiger partial charge is 0.146 e. The van der Waals surface area contributed by atoms with E-state index in [9.17, 15) is 4.39 Å². The second-order valence-corrected chi connectivity index (χ2v) is 3.72. The number of hydrogen-bond donors (Lipinski definition) is 2. The summed E-state index contributed by atoms with van der Waals surface area (Å²) in [5.74, 6) is 0.345. The molecule has 3 heteroatoms. The lowest BCUT2D eigenvalue weighted by molar-refractivity contribution is 0.630. The molecule has 0 aliphatic carbocycles. The first-order chi connectivity index (χ1) is 6.36. The van der Waals surface area contributed by atoms with Crippen LogP contribution in [0.25, 0.3) is 0 Å². The van der Waals surface area contributed by atoms with E-state index >= 15 is 0 Å². The first-order valence-corrected chi connectivity index (χ1v) is 4.62. The minimum absolute atomic E-state index is 0.119. The Kier molecular flexibility index (Phi) is 1.38. The van der Waals surface area contributed by atoms with Crippen molar-refractivity contribution in [1.82, 2.24) is 5.32 Å². The van der Waals surface area contributed by atoms with E-state index in [4.69, 9.17) is 0 Å². The zero-order chi connectivity index (χ0) is 8.84. The highest BCUT2D eigenvalue weighted by Gasteiger charge is 2.36. The number of anilines is 1. The zero-order valence-corrected chi connectivity index (χ0v) is 7.18. The Labute approximate surface area is 76.1 Å². The number of fused-ring (bicyclic) bond motifs is 3. The number of halogens is 1. The van der Waals surface area contributed by atoms with E-state index in [-0.39, 0.29) is 5.82 Å². The standard InChI is InChI=1S/C10H11FN2/c11-8-3-1-2-6-7-4-12-5-9(7)13-10(6)8/h1-3,7,9,12-13H,4-5H2. The van der Waals surface area contributed by atoms with E-state index in [0.29, 0.717) is 12.0 Å². The summed E-state index contributed by atoms with van der Waals surface area (Å²) < 4.78 is 13.3. The molecule has 0 spiro atoms. The van der Waals surface area contributed by atoms with Crippen LogP contribution in [0.4, 0.5) is 10.1 Å². The van der Waals surface area contributed by atoms with Crippen molar-refractivity contribution in [1.29, 1.82) is 0 Å². The van der Waals surface area contributed by atoms with Gasteiger partial charge < -0.3 is 10.6 Å². The van der Waals surface area contributed by atoms with Gasteiger partial charge in [-0.15, -0.1) is 0 Å². The van der Waals surface area contributed by atoms with Gasteiger partial charge in [0.25, 0.3) is 0 Å². The van der Waals surface area contributed by atoms with Crippen LogP contribution < -0.4 is 10.6 Å². The van der Waals surface area contributed by atoms with Crippen LogP contribution in [0.3, 0.4) is 0 Å². The Morgan fingerprint density at radius 2 is 2.23 bits per heavy atom. The summed E-state index contributed by atoms with van der Waals surface area (Å²) in [7, 11) is 0. The summed E-state index contributed by atoms with van der Waals surface area (Å²) in [4.78, 5) is 0. The molecule has 3 rings (SSSR count). The predicted octanol–water partition coefficient (Wildman–Crippen LogP) is 1.31. The van der Waals surface area contributed by atoms with Gasteiger partial charge in [0.05, 0.1) is 5.69 Å². The first kappa shape index (κ1) is 7.33. The van der Waals surface area contributed by atoms with Crippen molar-refractivity contribution in [2.45, 2.75) is 12.0 Å². The van der Waals surface area contributed by atoms with Crippen molar-refractivity contribution < 1.29 is 4.39 Å². The number of rotatable bonds is 0. The summed E-state index contributed by atoms with van der Waals surface area (Å²) in [6, 6.07) is 5.71. The van der Waals surface area contributed by atoms with Crippen molar-refractivity contribution in [3.8, 4) is 0 Å². The SMILES string of the molecule is Fc1cccc2c1NC1CNCC21. The second kappa shape index (κ2) is 2.45. The van der Waals surface area contributed by atoms with Gasteiger partial charge in [-0.3, -0.25) is 0 Å². The second-order valence-electron chi connectivity index (χ2n) is 3.72. The Hall–Kier alpha value is -1.09. The van der Waals surface area contributed by atoms with Crippen LogP contribution in [0.5, 0.6) is 0 Å². The van der Waals surface area contributed by atoms with Gasteiger partial charge in [-0.1, -0.05) is 12.1 Å². The quantitative estimate of drug-likeness (QED) is 0.626. The molecule has 1 saturated heterocycles. The lowest BCUT2D eigenvalue weighted by Gasteiger charge is -2.06. The molecule has 2 aliphatic heterocycles. The van der Waals surface area contributed by atoms with Crippen LogP contribution in [-0.4, -0.2) is 19.1 Å². The molecule has 0 bridgehead atoms. The van der Waals surface area contributed by atoms with Gasteiger partial charge in [0.2, 0.25) is 0 Å². The molecule has 2 nitrogen and oxygen atoms in total. The Bertz CT molecular complexity index is 351. The molecule has 2 atom stereocenters. The Morgan fingerprint density at radius 3 is 3.15 bits per heavy atom. The van der Waals surface area contributed by atoms with Gasteiger partial charge >= 0.3 is 0 Å². The summed E-state index contributed by atoms with van der Waals surface area (Å²) in [6.07, 6.45) is 0. The summed E-state index contributed by atoms with van der Waals surface area (Å²) in [5.41, 5.74) is 1.86. The topological polar surface area (TPSA) is 24.1 Å². The molecule has 2 unspecified atom stereocenters. The average Bonchev–Trinajstić information content (AvgIpc) is 2.65. The summed E-state index contributed by atoms with van der Waals surface area (Å²) in [5, 5.41) is 6.53. The molecular formula is C10H11FN2. The largest absolute Gasteiger partial charge is 0.378 e. The number of para-hydroxylation sites is 1. The van der Waals surface area contributed by atoms with Crippen LogP contribution >= 0.6 is 0 Å². The number of benzene rings is 1. The lowest BCUT2D eigenvalue weighted by atomic mass is 9.98. The third-order valence-corrected chi connectivity index (χ3v) is 2.99. The molecule has 0 saturated carbocycles. The van der Waals surface area contributed by atoms with E-state index in [1.807, 2.05) is 6.07 Å². The van der Waals surface area contributed by atoms with Crippen LogP contribution in [0.1, 0.15) is 11.5 Å². The highest BCUT2D eigenvalue weighted by molar-refractivity contribution is 5.61. The molecule has 0 radical (unpaired) electrons. The number of nitrogens with one attached hydrogen (secondary N) is 2. The molecule has 2 aliphatic rings. The Morgan fingerprint density at radius 1 is 1.31 bits per heavy atom. The molecular weight excluding hydrogens is 167 g/mol. The third kappa shape index (κ3) is 0.907. The predicted molar refractivity (Wildman–Crippen MR) is 49.4 cm³/mol. The summed E-state index contributed by atoms with van der Waals surface area (Å²) >= 11 is 0. The van der Waals surface area contributed by atoms with Crippen molar-refractivity contribution in [2.24, 2.45) is 0 Å². The van der Waals surface area contributed by atoms with Crippen LogP contribution in [0, 0.1) is 5.82 Å². The van der Waals surface area contributed by atoms with Crippen molar-refractivity contribution in [3.05, 3.63) is 29.6 Å². The summed E-state index contributed by atoms with van der Waals surface area (Å²) in [6.45, 7) is 1.91. The fourth-order valence-corrected chi connectivity index (χ4v) is 2.34. The maximum absolute atomic E-state index is 13.3. The van der Waals surface area contributed by atoms with Gasteiger partial charge in [-0.05, 0) is 11.6 Å². The van der Waals surface area contributed by atoms with E-state index < -0.39 is 0 Å². The minimum atomic E-state index is -0.119. The molecule has 1 fully saturated rings. The van der Waals surface area contributed by atoms with Crippen molar-refractivity contribution >= 4 is 5.69 Å². The van der Waals surface area contributed by atoms with Gasteiger partial charge in [-0.2, -0.15) is 0 Å². The third-order valence-electron chi connectivity index (χ3n) is 2.99. The maximum Gasteiger partial charge on any atom is 0.146 e. The average molecular weight is 178 g/mol. The monoisotopic (exact) mass is 178 g/mol. The molecule has 68 valence electrons. The lowest BCUT2D eigenvalue weighted by Crippen LogP contribution is -2.21. The molecule has 1 aromatic rings. The molecule has 1 aromatic carbocycles. The van der Waals surface area contributed by atoms with E-state index in [1.54, 1.807) is 6.07 Å². The maximum atomic E-state index is 13.3. The van der Waals surface area contributed by atoms with E-state index in [0.717, 1.165) is 24.3 Å². The van der Waals surface area contributed by atoms with E-state index in [2.05, 4.69) is 10.6 Å². The highest BCUT2D eigenvalue weighted by Crippen LogP contribution is 2.38. The van der Waals surface area contributed by atoms with Gasteiger partial charge in [0, 0.05) is 25.0 Å². The molecule has 13 heavy (non-hydrogen) atoms. The molecule has 0 aromatic heterocycles. The van der Waals surface area contributed by atoms with Crippen LogP contribution in [0.15, 0.2) is 18.2 Å².